The lowest BCUT2D eigenvalue weighted by molar-refractivity contribution is -0.00164. The molecule has 309 valence electrons. The van der Waals surface area contributed by atoms with Crippen molar-refractivity contribution in [3.8, 4) is 0 Å². The van der Waals surface area contributed by atoms with Crippen LogP contribution in [0, 0.1) is 47.3 Å². The van der Waals surface area contributed by atoms with Crippen LogP contribution in [-0.4, -0.2) is 384 Å². The van der Waals surface area contributed by atoms with Gasteiger partial charge in [0.1, 0.15) is 0 Å². The van der Waals surface area contributed by atoms with E-state index in [0.717, 1.165) is 71.5 Å². The number of rotatable bonds is 19. The second-order valence-electron chi connectivity index (χ2n) is 21.4. The van der Waals surface area contributed by atoms with Crippen LogP contribution in [0.25, 0.3) is 0 Å². The molecule has 0 unspecified atom stereocenters. The van der Waals surface area contributed by atoms with Crippen LogP contribution < -0.4 is 0 Å². The Morgan fingerprint density at radius 3 is 0.707 bits per heavy atom. The molecule has 0 N–H and O–H groups in total. The van der Waals surface area contributed by atoms with Gasteiger partial charge in [0.05, 0.1) is 0 Å². The monoisotopic (exact) mass is 912 g/mol. The lowest BCUT2D eigenvalue weighted by Crippen LogP contribution is -2.69. The summed E-state index contributed by atoms with van der Waals surface area (Å²) in [7, 11) is 144. The molecule has 2 saturated heterocycles. The van der Waals surface area contributed by atoms with Gasteiger partial charge >= 0.3 is 0 Å². The zero-order chi connectivity index (χ0) is 58.0. The summed E-state index contributed by atoms with van der Waals surface area (Å²) in [6.07, 6.45) is -10.4. The van der Waals surface area contributed by atoms with Crippen LogP contribution in [0.4, 0.5) is 0 Å². The zero-order valence-corrected chi connectivity index (χ0v) is 46.4. The highest BCUT2D eigenvalue weighted by atomic mass is 15.2. The fourth-order valence-electron chi connectivity index (χ4n) is 11.9. The molecule has 4 fully saturated rings. The molecule has 2 heterocycles. The van der Waals surface area contributed by atoms with Crippen molar-refractivity contribution in [3.63, 3.8) is 0 Å². The molecule has 0 bridgehead atoms. The molecule has 2 aliphatic carbocycles. The Kier molecular flexibility index (Phi) is 46.3. The van der Waals surface area contributed by atoms with Gasteiger partial charge in [0.2, 0.25) is 0 Å². The quantitative estimate of drug-likeness (QED) is 0.119. The first-order valence-corrected chi connectivity index (χ1v) is 26.0. The highest BCUT2D eigenvalue weighted by Crippen LogP contribution is 2.55. The van der Waals surface area contributed by atoms with Crippen LogP contribution >= 0.6 is 0 Å². The smallest absolute Gasteiger partial charge is 0.0160 e. The van der Waals surface area contributed by atoms with Gasteiger partial charge in [-0.3, -0.25) is 9.80 Å². The summed E-state index contributed by atoms with van der Waals surface area (Å²) in [4.78, 5) is 5.44. The minimum Gasteiger partial charge on any atom is -0.297 e. The van der Waals surface area contributed by atoms with Crippen molar-refractivity contribution < 1.29 is 0 Å². The molecule has 0 spiro atoms. The van der Waals surface area contributed by atoms with Crippen LogP contribution in [0.2, 0.25) is 0 Å². The van der Waals surface area contributed by atoms with Crippen molar-refractivity contribution in [1.29, 1.82) is 0 Å². The Hall–Kier alpha value is 2.97. The molecular formula is C26H54B47N2. The average molecular weight is 903 g/mol. The van der Waals surface area contributed by atoms with Crippen LogP contribution in [0.15, 0.2) is 0 Å². The second kappa shape index (κ2) is 41.1. The molecule has 0 aromatic carbocycles. The van der Waals surface area contributed by atoms with Crippen LogP contribution in [0.3, 0.4) is 0 Å². The number of nitrogens with zero attached hydrogens (tertiary/aromatic N) is 2. The van der Waals surface area contributed by atoms with E-state index in [9.17, 15) is 0 Å². The maximum absolute atomic E-state index is 5.59. The molecule has 4 aliphatic rings. The van der Waals surface area contributed by atoms with E-state index >= 15 is 0 Å². The van der Waals surface area contributed by atoms with Crippen molar-refractivity contribution in [2.75, 3.05) is 13.1 Å². The van der Waals surface area contributed by atoms with E-state index < -0.39 is 95.8 Å². The molecule has 12 atom stereocenters. The Balaban J connectivity index is -0.000000402. The highest BCUT2D eigenvalue weighted by molar-refractivity contribution is 8.08. The summed E-state index contributed by atoms with van der Waals surface area (Å²) in [6.45, 7) is 26.5. The number of likely N-dealkylation sites (tertiary alicyclic amines) is 2. The maximum atomic E-state index is 5.59. The van der Waals surface area contributed by atoms with Gasteiger partial charge in [0.15, 0.2) is 0 Å². The standard InChI is InChI=1S/2C12H23N.2CH4.B13.B12.2B11/c2*1-6-13-10(5)9(4)11-7(2)8(3)12(11)13;;;1-8-12(9(2)3)13(10(4)5)11(6)7;1-8(2)11(7)12(9(3)4)10(5)6;2*1-7-10(6)11(8(2)3)9(4)5/h2*7-12H,6H2,1-5H3;2*1H4;;;;/t2*7-,8+,9+,10-,11+,12+;;;;;;/m00....../s1. The molecule has 75 heavy (non-hydrogen) atoms. The summed E-state index contributed by atoms with van der Waals surface area (Å²) in [5.74, 6) is 7.58. The van der Waals surface area contributed by atoms with E-state index in [1.54, 1.807) is 0 Å². The Bertz CT molecular complexity index is 1280. The normalized spacial score (nSPS) is 24.8. The number of hydrogen-bond acceptors (Lipinski definition) is 2. The molecule has 0 aromatic heterocycles. The first kappa shape index (κ1) is 84.4. The van der Waals surface area contributed by atoms with Gasteiger partial charge in [0.25, 0.3) is 0 Å². The fraction of sp³-hybridized carbons (Fsp3) is 1.00. The van der Waals surface area contributed by atoms with Gasteiger partial charge in [-0.25, -0.2) is 0 Å². The third-order valence-electron chi connectivity index (χ3n) is 16.9. The van der Waals surface area contributed by atoms with Crippen LogP contribution in [0.5, 0.6) is 0 Å². The van der Waals surface area contributed by atoms with Crippen molar-refractivity contribution in [2.45, 2.75) is 108 Å². The summed E-state index contributed by atoms with van der Waals surface area (Å²) in [5.41, 5.74) is 0. The molecular weight excluding hydrogens is 848 g/mol. The van der Waals surface area contributed by atoms with Crippen molar-refractivity contribution >= 4 is 337 Å². The lowest BCUT2D eigenvalue weighted by atomic mass is 8.50. The lowest BCUT2D eigenvalue weighted by Gasteiger charge is -2.49. The summed E-state index contributed by atoms with van der Waals surface area (Å²) in [5, 5.41) is 0. The van der Waals surface area contributed by atoms with Gasteiger partial charge in [-0.1, -0.05) is 70.2 Å². The van der Waals surface area contributed by atoms with Gasteiger partial charge < -0.3 is 0 Å². The molecule has 2 aliphatic heterocycles. The maximum Gasteiger partial charge on any atom is 0.0160 e. The van der Waals surface area contributed by atoms with Gasteiger partial charge in [-0.05, 0) is 74.3 Å². The predicted octanol–water partition coefficient (Wildman–Crippen LogP) is -11.4. The number of fused-ring (bicyclic) bond motifs is 2. The van der Waals surface area contributed by atoms with Crippen molar-refractivity contribution in [3.05, 3.63) is 0 Å². The summed E-state index contributed by atoms with van der Waals surface area (Å²) < 4.78 is 0. The van der Waals surface area contributed by atoms with Gasteiger partial charge in [0, 0.05) is 361 Å². The minimum absolute atomic E-state index is 0. The fourth-order valence-corrected chi connectivity index (χ4v) is 11.9. The first-order valence-electron chi connectivity index (χ1n) is 26.0. The van der Waals surface area contributed by atoms with Crippen LogP contribution in [0.1, 0.15) is 84.1 Å². The summed E-state index contributed by atoms with van der Waals surface area (Å²) in [6, 6.07) is 3.44. The van der Waals surface area contributed by atoms with Gasteiger partial charge in [-0.2, -0.15) is 0 Å². The van der Waals surface area contributed by atoms with Crippen molar-refractivity contribution in [1.82, 2.24) is 9.80 Å². The highest BCUT2D eigenvalue weighted by Gasteiger charge is 2.58. The molecule has 55 radical (unpaired) electrons. The largest absolute Gasteiger partial charge is 0.297 e. The molecule has 0 amide bonds. The Morgan fingerprint density at radius 1 is 0.320 bits per heavy atom. The zero-order valence-electron chi connectivity index (χ0n) is 46.4. The van der Waals surface area contributed by atoms with Crippen LogP contribution in [-0.2, 0) is 0 Å². The molecule has 49 heteroatoms. The van der Waals surface area contributed by atoms with E-state index in [2.05, 4.69) is 79.0 Å². The SMILES string of the molecule is C.C.CCN1[C@@H]2[C@H](C)[C@H](C)[C@@H]2[C@H](C)[C@@H]1C.CCN1[C@@H]2[C@H](C)[C@H](C)[C@@H]2[C@H](C)[C@@H]1C.[B]B([B])B([B])B(B([B])[B])B([B])[B].[B][B]B(B([B])[B])B(B([B])[B])B([B])[B].[B][B]B([B])B(B([B])[B])B([B])[B].[B][B]B([B])B(B([B])[B])B([B])[B]. The second-order valence-corrected chi connectivity index (χ2v) is 21.4. The van der Waals surface area contributed by atoms with E-state index in [4.69, 9.17) is 201 Å². The van der Waals surface area contributed by atoms with E-state index in [-0.39, 0.29) is 34.0 Å². The third-order valence-corrected chi connectivity index (χ3v) is 16.9. The molecule has 4 rings (SSSR count). The molecule has 2 nitrogen and oxygen atoms in total. The van der Waals surface area contributed by atoms with E-state index in [1.807, 2.05) is 0 Å². The summed E-state index contributed by atoms with van der Waals surface area (Å²) >= 11 is 0. The minimum atomic E-state index is -0.723. The van der Waals surface area contributed by atoms with Gasteiger partial charge in [-0.15, -0.1) is 0 Å². The third kappa shape index (κ3) is 24.5. The van der Waals surface area contributed by atoms with E-state index in [0.29, 0.717) is 0 Å². The molecule has 2 saturated carbocycles. The number of hydrogen-bond donors (Lipinski definition) is 0. The first-order chi connectivity index (χ1) is 33.5. The Labute approximate surface area is 511 Å². The Morgan fingerprint density at radius 2 is 0.573 bits per heavy atom. The molecule has 0 aromatic rings. The van der Waals surface area contributed by atoms with Crippen molar-refractivity contribution in [2.24, 2.45) is 47.3 Å². The van der Waals surface area contributed by atoms with E-state index in [1.165, 1.54) is 34.3 Å². The average Bonchev–Trinajstić information content (AvgIpc) is 3.66. The predicted molar refractivity (Wildman–Crippen MR) is 397 cm³/mol. The topological polar surface area (TPSA) is 6.48 Å².